The molecule has 0 saturated carbocycles. The van der Waals surface area contributed by atoms with Crippen LogP contribution in [0.25, 0.3) is 0 Å². The Labute approximate surface area is 69.6 Å². The van der Waals surface area contributed by atoms with Crippen LogP contribution in [0.4, 0.5) is 5.69 Å². The zero-order valence-electron chi connectivity index (χ0n) is 6.31. The van der Waals surface area contributed by atoms with Crippen LogP contribution in [0.1, 0.15) is 0 Å². The molecule has 0 unspecified atom stereocenters. The number of aromatic hydroxyl groups is 1. The molecule has 0 aliphatic heterocycles. The monoisotopic (exact) mass is 167 g/mol. The number of carbonyl (C=O) groups excluding carboxylic acids is 2. The first-order valence-electron chi connectivity index (χ1n) is 3.14. The van der Waals surface area contributed by atoms with Gasteiger partial charge in [0.05, 0.1) is 5.69 Å². The number of nitrogens with two attached hydrogens (primary N) is 1. The second-order valence-corrected chi connectivity index (χ2v) is 1.83. The van der Waals surface area contributed by atoms with Crippen molar-refractivity contribution in [2.45, 2.75) is 0 Å². The molecule has 0 amide bonds. The molecule has 1 rings (SSSR count). The highest BCUT2D eigenvalue weighted by Crippen LogP contribution is 2.16. The zero-order chi connectivity index (χ0) is 9.40. The van der Waals surface area contributed by atoms with Gasteiger partial charge in [-0.3, -0.25) is 9.59 Å². The maximum atomic E-state index is 8.81. The molecule has 3 N–H and O–H groups in total. The fraction of sp³-hybridized carbons (Fsp3) is 0. The molecule has 0 spiro atoms. The number of anilines is 1. The predicted octanol–water partition coefficient (Wildman–Crippen LogP) is 0.359. The van der Waals surface area contributed by atoms with Crippen LogP contribution in [0, 0.1) is 0 Å². The molecule has 12 heavy (non-hydrogen) atoms. The van der Waals surface area contributed by atoms with Crippen molar-refractivity contribution >= 4 is 18.3 Å². The Balaban J connectivity index is 0.000000261. The number of hydrogen-bond acceptors (Lipinski definition) is 4. The number of para-hydroxylation sites is 2. The summed E-state index contributed by atoms with van der Waals surface area (Å²) < 4.78 is 0. The number of phenolic OH excluding ortho intramolecular Hbond substituents is 1. The van der Waals surface area contributed by atoms with Crippen LogP contribution in [0.5, 0.6) is 5.75 Å². The first kappa shape index (κ1) is 10.2. The summed E-state index contributed by atoms with van der Waals surface area (Å²) in [4.78, 5) is 17.6. The molecule has 0 bridgehead atoms. The van der Waals surface area contributed by atoms with Crippen LogP contribution in [0.15, 0.2) is 24.3 Å². The third kappa shape index (κ3) is 4.05. The molecule has 1 aromatic rings. The van der Waals surface area contributed by atoms with Gasteiger partial charge in [0.25, 0.3) is 0 Å². The molecule has 0 aromatic heterocycles. The van der Waals surface area contributed by atoms with Gasteiger partial charge in [0.2, 0.25) is 0 Å². The average Bonchev–Trinajstić information content (AvgIpc) is 2.11. The van der Waals surface area contributed by atoms with Crippen LogP contribution in [0.3, 0.4) is 0 Å². The lowest BCUT2D eigenvalue weighted by Crippen LogP contribution is -1.82. The highest BCUT2D eigenvalue weighted by molar-refractivity contribution is 6.09. The van der Waals surface area contributed by atoms with Crippen LogP contribution < -0.4 is 5.73 Å². The van der Waals surface area contributed by atoms with E-state index in [1.54, 1.807) is 24.3 Å². The molecule has 0 aliphatic carbocycles. The minimum Gasteiger partial charge on any atom is -0.506 e. The van der Waals surface area contributed by atoms with Crippen LogP contribution in [0.2, 0.25) is 0 Å². The summed E-state index contributed by atoms with van der Waals surface area (Å²) in [5.41, 5.74) is 5.69. The lowest BCUT2D eigenvalue weighted by Gasteiger charge is -1.92. The van der Waals surface area contributed by atoms with Gasteiger partial charge in [-0.1, -0.05) is 12.1 Å². The van der Waals surface area contributed by atoms with E-state index < -0.39 is 0 Å². The van der Waals surface area contributed by atoms with E-state index in [2.05, 4.69) is 0 Å². The predicted molar refractivity (Wildman–Crippen MR) is 44.6 cm³/mol. The van der Waals surface area contributed by atoms with E-state index in [4.69, 9.17) is 20.4 Å². The Morgan fingerprint density at radius 3 is 1.92 bits per heavy atom. The Morgan fingerprint density at radius 1 is 1.17 bits per heavy atom. The molecular formula is C8H9NO3. The number of rotatable bonds is 1. The number of phenols is 1. The van der Waals surface area contributed by atoms with E-state index >= 15 is 0 Å². The van der Waals surface area contributed by atoms with Crippen molar-refractivity contribution in [1.82, 2.24) is 0 Å². The summed E-state index contributed by atoms with van der Waals surface area (Å²) in [5.74, 6) is 0.146. The summed E-state index contributed by atoms with van der Waals surface area (Å²) in [6.07, 6.45) is 0.389. The van der Waals surface area contributed by atoms with E-state index in [0.717, 1.165) is 0 Å². The number of hydrogen-bond donors (Lipinski definition) is 2. The van der Waals surface area contributed by atoms with Crippen molar-refractivity contribution in [1.29, 1.82) is 0 Å². The zero-order valence-corrected chi connectivity index (χ0v) is 6.31. The molecule has 4 heteroatoms. The molecule has 1 aromatic carbocycles. The fourth-order valence-electron chi connectivity index (χ4n) is 0.488. The van der Waals surface area contributed by atoms with Crippen molar-refractivity contribution in [3.8, 4) is 5.75 Å². The second-order valence-electron chi connectivity index (χ2n) is 1.83. The Kier molecular flexibility index (Phi) is 5.00. The lowest BCUT2D eigenvalue weighted by atomic mass is 10.3. The smallest absolute Gasteiger partial charge is 0.182 e. The summed E-state index contributed by atoms with van der Waals surface area (Å²) in [7, 11) is 0. The van der Waals surface area contributed by atoms with Crippen LogP contribution in [-0.4, -0.2) is 17.7 Å². The maximum Gasteiger partial charge on any atom is 0.182 e. The normalized spacial score (nSPS) is 7.67. The first-order chi connectivity index (χ1) is 5.72. The van der Waals surface area contributed by atoms with E-state index in [1.807, 2.05) is 0 Å². The number of carbonyl (C=O) groups is 2. The SMILES string of the molecule is Nc1ccccc1O.O=CC=O. The van der Waals surface area contributed by atoms with Gasteiger partial charge in [-0.25, -0.2) is 0 Å². The van der Waals surface area contributed by atoms with E-state index in [-0.39, 0.29) is 18.3 Å². The van der Waals surface area contributed by atoms with Gasteiger partial charge in [-0.05, 0) is 12.1 Å². The minimum atomic E-state index is 0.146. The van der Waals surface area contributed by atoms with Crippen LogP contribution >= 0.6 is 0 Å². The lowest BCUT2D eigenvalue weighted by molar-refractivity contribution is -0.122. The van der Waals surface area contributed by atoms with Gasteiger partial charge in [0, 0.05) is 0 Å². The standard InChI is InChI=1S/C6H7NO.C2H2O2/c7-5-3-1-2-4-6(5)8;3-1-2-4/h1-4,8H,7H2;1-2H. The second kappa shape index (κ2) is 5.91. The van der Waals surface area contributed by atoms with E-state index in [9.17, 15) is 0 Å². The topological polar surface area (TPSA) is 80.4 Å². The van der Waals surface area contributed by atoms with Gasteiger partial charge in [0.15, 0.2) is 12.6 Å². The van der Waals surface area contributed by atoms with E-state index in [0.29, 0.717) is 5.69 Å². The Hall–Kier alpha value is -1.84. The molecule has 4 nitrogen and oxygen atoms in total. The Bertz CT molecular complexity index is 233. The van der Waals surface area contributed by atoms with Crippen molar-refractivity contribution in [3.05, 3.63) is 24.3 Å². The summed E-state index contributed by atoms with van der Waals surface area (Å²) in [5, 5.41) is 8.79. The Morgan fingerprint density at radius 2 is 1.67 bits per heavy atom. The maximum absolute atomic E-state index is 8.81. The average molecular weight is 167 g/mol. The number of benzene rings is 1. The number of nitrogen functional groups attached to an aromatic ring is 1. The summed E-state index contributed by atoms with van der Waals surface area (Å²) >= 11 is 0. The molecule has 64 valence electrons. The summed E-state index contributed by atoms with van der Waals surface area (Å²) in [6, 6.07) is 6.70. The van der Waals surface area contributed by atoms with Crippen molar-refractivity contribution in [3.63, 3.8) is 0 Å². The quantitative estimate of drug-likeness (QED) is 0.274. The molecular weight excluding hydrogens is 158 g/mol. The van der Waals surface area contributed by atoms with Gasteiger partial charge in [0.1, 0.15) is 5.75 Å². The fourth-order valence-corrected chi connectivity index (χ4v) is 0.488. The highest BCUT2D eigenvalue weighted by Gasteiger charge is 1.87. The molecule has 0 atom stereocenters. The molecule has 0 fully saturated rings. The highest BCUT2D eigenvalue weighted by atomic mass is 16.3. The third-order valence-corrected chi connectivity index (χ3v) is 0.992. The van der Waals surface area contributed by atoms with Crippen molar-refractivity contribution in [2.75, 3.05) is 5.73 Å². The van der Waals surface area contributed by atoms with Gasteiger partial charge in [-0.2, -0.15) is 0 Å². The molecule has 0 saturated heterocycles. The summed E-state index contributed by atoms with van der Waals surface area (Å²) in [6.45, 7) is 0. The first-order valence-corrected chi connectivity index (χ1v) is 3.14. The van der Waals surface area contributed by atoms with Gasteiger partial charge >= 0.3 is 0 Å². The van der Waals surface area contributed by atoms with E-state index in [1.165, 1.54) is 0 Å². The van der Waals surface area contributed by atoms with Crippen molar-refractivity contribution in [2.24, 2.45) is 0 Å². The molecule has 0 aliphatic rings. The minimum absolute atomic E-state index is 0.146. The van der Waals surface area contributed by atoms with Gasteiger partial charge in [-0.15, -0.1) is 0 Å². The third-order valence-electron chi connectivity index (χ3n) is 0.992. The van der Waals surface area contributed by atoms with Crippen LogP contribution in [-0.2, 0) is 9.59 Å². The molecule has 0 radical (unpaired) electrons. The largest absolute Gasteiger partial charge is 0.506 e. The molecule has 0 heterocycles. The number of aldehydes is 2. The van der Waals surface area contributed by atoms with Gasteiger partial charge < -0.3 is 10.8 Å². The van der Waals surface area contributed by atoms with Crippen molar-refractivity contribution < 1.29 is 14.7 Å².